The smallest absolute Gasteiger partial charge is 0.0893 e. The van der Waals surface area contributed by atoms with Crippen molar-refractivity contribution in [2.45, 2.75) is 0 Å². The molecule has 3 rings (SSSR count). The second-order valence-corrected chi connectivity index (χ2v) is 2.67. The molecule has 52 valence electrons. The Labute approximate surface area is 64.5 Å². The molecule has 2 nitrogen and oxygen atoms in total. The standard InChI is InChI=1S/C9H6N2/c1-2-4-11-7(3-1)6-10-8-5-9(8)11/h1-6H. The van der Waals surface area contributed by atoms with Crippen LogP contribution >= 0.6 is 0 Å². The van der Waals surface area contributed by atoms with Crippen LogP contribution in [-0.2, 0) is 0 Å². The van der Waals surface area contributed by atoms with Crippen LogP contribution < -0.4 is 0 Å². The van der Waals surface area contributed by atoms with Gasteiger partial charge in [0.15, 0.2) is 0 Å². The number of rotatable bonds is 0. The molecule has 11 heavy (non-hydrogen) atoms. The van der Waals surface area contributed by atoms with Crippen molar-refractivity contribution >= 4 is 5.71 Å². The largest absolute Gasteiger partial charge is 0.313 e. The Kier molecular flexibility index (Phi) is 0.714. The van der Waals surface area contributed by atoms with Gasteiger partial charge in [0.2, 0.25) is 0 Å². The lowest BCUT2D eigenvalue weighted by atomic mass is 10.2. The summed E-state index contributed by atoms with van der Waals surface area (Å²) in [5.41, 5.74) is 3.51. The lowest BCUT2D eigenvalue weighted by molar-refractivity contribution is 0.626. The molecular formula is C9H6N2. The maximum Gasteiger partial charge on any atom is 0.0893 e. The number of nitrogens with zero attached hydrogens (tertiary/aromatic N) is 2. The van der Waals surface area contributed by atoms with E-state index in [-0.39, 0.29) is 0 Å². The number of hydrogen-bond acceptors (Lipinski definition) is 2. The summed E-state index contributed by atoms with van der Waals surface area (Å²) in [6.07, 6.45) is 12.1. The second kappa shape index (κ2) is 1.53. The lowest BCUT2D eigenvalue weighted by Gasteiger charge is -2.21. The number of aliphatic imine (C=N–C) groups is 1. The van der Waals surface area contributed by atoms with Gasteiger partial charge in [-0.1, -0.05) is 6.08 Å². The van der Waals surface area contributed by atoms with Crippen LogP contribution in [0.4, 0.5) is 0 Å². The fourth-order valence-electron chi connectivity index (χ4n) is 1.31. The molecule has 0 aromatic heterocycles. The maximum absolute atomic E-state index is 4.22. The van der Waals surface area contributed by atoms with Crippen molar-refractivity contribution in [1.29, 1.82) is 0 Å². The minimum absolute atomic E-state index is 1.12. The number of fused-ring (bicyclic) bond motifs is 3. The zero-order chi connectivity index (χ0) is 7.26. The molecule has 0 spiro atoms. The first kappa shape index (κ1) is 5.13. The fraction of sp³-hybridized carbons (Fsp3) is 0. The third-order valence-corrected chi connectivity index (χ3v) is 1.94. The van der Waals surface area contributed by atoms with Gasteiger partial charge in [-0.2, -0.15) is 0 Å². The molecule has 0 N–H and O–H groups in total. The zero-order valence-electron chi connectivity index (χ0n) is 5.86. The minimum atomic E-state index is 1.12. The first-order valence-corrected chi connectivity index (χ1v) is 3.59. The van der Waals surface area contributed by atoms with Gasteiger partial charge >= 0.3 is 0 Å². The molecule has 0 unspecified atom stereocenters. The minimum Gasteiger partial charge on any atom is -0.313 e. The second-order valence-electron chi connectivity index (χ2n) is 2.67. The molecule has 0 amide bonds. The average molecular weight is 142 g/mol. The van der Waals surface area contributed by atoms with E-state index >= 15 is 0 Å². The van der Waals surface area contributed by atoms with Crippen LogP contribution in [0.5, 0.6) is 0 Å². The number of hydrogen-bond donors (Lipinski definition) is 0. The van der Waals surface area contributed by atoms with E-state index in [2.05, 4.69) is 28.2 Å². The summed E-state index contributed by atoms with van der Waals surface area (Å²) in [7, 11) is 0. The summed E-state index contributed by atoms with van der Waals surface area (Å²) in [6.45, 7) is 0. The van der Waals surface area contributed by atoms with Crippen LogP contribution in [0.3, 0.4) is 0 Å². The van der Waals surface area contributed by atoms with E-state index < -0.39 is 0 Å². The summed E-state index contributed by atoms with van der Waals surface area (Å²) in [5.74, 6) is 0. The Morgan fingerprint density at radius 3 is 3.27 bits per heavy atom. The Hall–Kier alpha value is -1.57. The molecular weight excluding hydrogens is 136 g/mol. The van der Waals surface area contributed by atoms with E-state index in [4.69, 9.17) is 0 Å². The van der Waals surface area contributed by atoms with Crippen LogP contribution in [0.1, 0.15) is 0 Å². The highest BCUT2D eigenvalue weighted by atomic mass is 15.2. The van der Waals surface area contributed by atoms with Gasteiger partial charge in [0.05, 0.1) is 23.3 Å². The van der Waals surface area contributed by atoms with E-state index in [1.165, 1.54) is 5.70 Å². The first-order chi connectivity index (χ1) is 5.45. The predicted octanol–water partition coefficient (Wildman–Crippen LogP) is 1.57. The van der Waals surface area contributed by atoms with Gasteiger partial charge in [-0.25, -0.2) is 0 Å². The molecule has 2 heterocycles. The zero-order valence-corrected chi connectivity index (χ0v) is 5.86. The summed E-state index contributed by atoms with van der Waals surface area (Å²) < 4.78 is 0. The van der Waals surface area contributed by atoms with Gasteiger partial charge in [-0.05, 0) is 18.2 Å². The first-order valence-electron chi connectivity index (χ1n) is 3.59. The molecule has 0 atom stereocenters. The van der Waals surface area contributed by atoms with Gasteiger partial charge < -0.3 is 4.90 Å². The maximum atomic E-state index is 4.22. The monoisotopic (exact) mass is 142 g/mol. The van der Waals surface area contributed by atoms with Crippen LogP contribution in [0.15, 0.2) is 53.1 Å². The molecule has 0 saturated carbocycles. The molecule has 0 aromatic carbocycles. The van der Waals surface area contributed by atoms with Gasteiger partial charge in [0.25, 0.3) is 0 Å². The van der Waals surface area contributed by atoms with Gasteiger partial charge in [-0.3, -0.25) is 4.99 Å². The van der Waals surface area contributed by atoms with E-state index in [1.807, 2.05) is 18.4 Å². The lowest BCUT2D eigenvalue weighted by Crippen LogP contribution is -2.15. The van der Waals surface area contributed by atoms with E-state index in [0.717, 1.165) is 11.4 Å². The Morgan fingerprint density at radius 1 is 1.27 bits per heavy atom. The quantitative estimate of drug-likeness (QED) is 0.501. The van der Waals surface area contributed by atoms with Crippen molar-refractivity contribution in [1.82, 2.24) is 4.90 Å². The highest BCUT2D eigenvalue weighted by molar-refractivity contribution is 6.24. The summed E-state index contributed by atoms with van der Waals surface area (Å²) in [5, 5.41) is 0. The van der Waals surface area contributed by atoms with Crippen LogP contribution in [0.2, 0.25) is 0 Å². The Morgan fingerprint density at radius 2 is 2.27 bits per heavy atom. The van der Waals surface area contributed by atoms with Crippen molar-refractivity contribution < 1.29 is 0 Å². The molecule has 0 radical (unpaired) electrons. The van der Waals surface area contributed by atoms with E-state index in [9.17, 15) is 0 Å². The summed E-state index contributed by atoms with van der Waals surface area (Å²) in [4.78, 5) is 6.36. The highest BCUT2D eigenvalue weighted by Gasteiger charge is 2.28. The van der Waals surface area contributed by atoms with E-state index in [1.54, 1.807) is 0 Å². The van der Waals surface area contributed by atoms with Crippen molar-refractivity contribution in [3.63, 3.8) is 0 Å². The molecule has 1 aliphatic carbocycles. The topological polar surface area (TPSA) is 15.6 Å². The highest BCUT2D eigenvalue weighted by Crippen LogP contribution is 2.31. The normalized spacial score (nSPS) is 23.3. The molecule has 0 saturated heterocycles. The van der Waals surface area contributed by atoms with Crippen molar-refractivity contribution in [3.8, 4) is 0 Å². The predicted molar refractivity (Wildman–Crippen MR) is 43.7 cm³/mol. The van der Waals surface area contributed by atoms with Gasteiger partial charge in [-0.15, -0.1) is 0 Å². The third-order valence-electron chi connectivity index (χ3n) is 1.94. The average Bonchev–Trinajstić information content (AvgIpc) is 2.83. The molecule has 3 aliphatic rings. The number of allylic oxidation sites excluding steroid dienone is 5. The third kappa shape index (κ3) is 0.584. The van der Waals surface area contributed by atoms with Crippen molar-refractivity contribution in [3.05, 3.63) is 48.1 Å². The summed E-state index contributed by atoms with van der Waals surface area (Å²) >= 11 is 0. The van der Waals surface area contributed by atoms with Crippen molar-refractivity contribution in [2.75, 3.05) is 0 Å². The molecule has 2 heteroatoms. The Balaban J connectivity index is 2.14. The fourth-order valence-corrected chi connectivity index (χ4v) is 1.31. The summed E-state index contributed by atoms with van der Waals surface area (Å²) in [6, 6.07) is 0. The molecule has 0 aromatic rings. The Bertz CT molecular complexity index is 367. The van der Waals surface area contributed by atoms with E-state index in [0.29, 0.717) is 0 Å². The van der Waals surface area contributed by atoms with Crippen molar-refractivity contribution in [2.24, 2.45) is 4.99 Å². The molecule has 0 bridgehead atoms. The van der Waals surface area contributed by atoms with Gasteiger partial charge in [0, 0.05) is 6.20 Å². The van der Waals surface area contributed by atoms with Gasteiger partial charge in [0.1, 0.15) is 0 Å². The van der Waals surface area contributed by atoms with Crippen LogP contribution in [-0.4, -0.2) is 10.6 Å². The van der Waals surface area contributed by atoms with Crippen LogP contribution in [0, 0.1) is 0 Å². The van der Waals surface area contributed by atoms with Crippen LogP contribution in [0.25, 0.3) is 0 Å². The molecule has 2 aliphatic heterocycles. The molecule has 0 fully saturated rings. The SMILES string of the molecule is C1=CC2=CN=C3C=C3N2C=C1.